The Balaban J connectivity index is 1.56. The third kappa shape index (κ3) is 2.26. The van der Waals surface area contributed by atoms with Gasteiger partial charge >= 0.3 is 7.12 Å². The summed E-state index contributed by atoms with van der Waals surface area (Å²) in [6, 6.07) is 19.1. The molecule has 0 spiro atoms. The van der Waals surface area contributed by atoms with Gasteiger partial charge in [-0.05, 0) is 68.9 Å². The Labute approximate surface area is 199 Å². The minimum absolute atomic E-state index is 0.423. The van der Waals surface area contributed by atoms with Crippen LogP contribution in [0.2, 0.25) is 0 Å². The van der Waals surface area contributed by atoms with Crippen molar-refractivity contribution in [2.45, 2.75) is 38.9 Å². The van der Waals surface area contributed by atoms with Crippen molar-refractivity contribution in [3.8, 4) is 0 Å². The summed E-state index contributed by atoms with van der Waals surface area (Å²) in [6.07, 6.45) is 0. The fourth-order valence-corrected chi connectivity index (χ4v) is 6.59. The third-order valence-electron chi connectivity index (χ3n) is 7.86. The minimum Gasteiger partial charge on any atom is -0.456 e. The van der Waals surface area contributed by atoms with Crippen LogP contribution in [0.15, 0.2) is 63.4 Å². The van der Waals surface area contributed by atoms with Crippen LogP contribution in [0, 0.1) is 0 Å². The molecule has 0 atom stereocenters. The molecule has 4 nitrogen and oxygen atoms in total. The molecule has 0 amide bonds. The number of thiophene rings is 1. The lowest BCUT2D eigenvalue weighted by molar-refractivity contribution is 0.00578. The number of rotatable bonds is 1. The van der Waals surface area contributed by atoms with Crippen molar-refractivity contribution in [3.63, 3.8) is 0 Å². The predicted octanol–water partition coefficient (Wildman–Crippen LogP) is 7.59. The summed E-state index contributed by atoms with van der Waals surface area (Å²) in [4.78, 5) is 0. The Morgan fingerprint density at radius 2 is 1.41 bits per heavy atom. The molecule has 4 aromatic carbocycles. The van der Waals surface area contributed by atoms with Gasteiger partial charge in [0.1, 0.15) is 22.3 Å². The molecule has 0 aliphatic carbocycles. The van der Waals surface area contributed by atoms with Gasteiger partial charge in [0, 0.05) is 30.9 Å². The van der Waals surface area contributed by atoms with Crippen LogP contribution in [0.4, 0.5) is 0 Å². The Hall–Kier alpha value is -3.06. The lowest BCUT2D eigenvalue weighted by atomic mass is 9.78. The second kappa shape index (κ2) is 5.95. The first-order chi connectivity index (χ1) is 16.3. The number of furan rings is 1. The van der Waals surface area contributed by atoms with Crippen molar-refractivity contribution in [1.29, 1.82) is 0 Å². The van der Waals surface area contributed by atoms with Crippen LogP contribution >= 0.6 is 11.3 Å². The molecular weight excluding hydrogens is 443 g/mol. The molecule has 7 aromatic rings. The highest BCUT2D eigenvalue weighted by molar-refractivity contribution is 7.26. The highest BCUT2D eigenvalue weighted by Gasteiger charge is 2.52. The van der Waals surface area contributed by atoms with E-state index in [-0.39, 0.29) is 0 Å². The summed E-state index contributed by atoms with van der Waals surface area (Å²) in [5.74, 6) is 0. The van der Waals surface area contributed by atoms with Crippen LogP contribution in [0.3, 0.4) is 0 Å². The molecule has 1 aliphatic rings. The fourth-order valence-electron chi connectivity index (χ4n) is 5.42. The summed E-state index contributed by atoms with van der Waals surface area (Å²) >= 11 is 1.81. The molecule has 166 valence electrons. The first kappa shape index (κ1) is 19.3. The number of hydrogen-bond donors (Lipinski definition) is 0. The average molecular weight is 464 g/mol. The molecule has 0 bridgehead atoms. The number of benzene rings is 4. The van der Waals surface area contributed by atoms with Crippen LogP contribution in [0.5, 0.6) is 0 Å². The summed E-state index contributed by atoms with van der Waals surface area (Å²) in [6.45, 7) is 8.28. The van der Waals surface area contributed by atoms with Gasteiger partial charge < -0.3 is 18.1 Å². The van der Waals surface area contributed by atoms with E-state index in [1.807, 2.05) is 17.4 Å². The molecule has 0 saturated carbocycles. The van der Waals surface area contributed by atoms with E-state index in [1.165, 1.54) is 25.6 Å². The van der Waals surface area contributed by atoms with Crippen molar-refractivity contribution < 1.29 is 18.1 Å². The van der Waals surface area contributed by atoms with Gasteiger partial charge in [0.25, 0.3) is 0 Å². The monoisotopic (exact) mass is 464 g/mol. The Morgan fingerprint density at radius 3 is 2.21 bits per heavy atom. The molecule has 0 radical (unpaired) electrons. The standard InChI is InChI=1S/C28H21BO4S/c1-27(2)28(3,4)33-29(32-27)15-12-18-22-19(13-15)31-26-16-8-6-5-7-14(16)11-21-25(26)24-20(34-21)10-9-17(30-18)23(22)24/h5-13H,1-4H3. The first-order valence-corrected chi connectivity index (χ1v) is 12.4. The van der Waals surface area contributed by atoms with E-state index >= 15 is 0 Å². The predicted molar refractivity (Wildman–Crippen MR) is 141 cm³/mol. The topological polar surface area (TPSA) is 44.7 Å². The lowest BCUT2D eigenvalue weighted by Crippen LogP contribution is -2.41. The zero-order chi connectivity index (χ0) is 23.0. The molecule has 34 heavy (non-hydrogen) atoms. The van der Waals surface area contributed by atoms with Crippen LogP contribution in [-0.2, 0) is 9.31 Å². The zero-order valence-electron chi connectivity index (χ0n) is 19.3. The maximum absolute atomic E-state index is 6.83. The summed E-state index contributed by atoms with van der Waals surface area (Å²) in [5.41, 5.74) is 3.42. The molecular formula is C28H21BO4S. The van der Waals surface area contributed by atoms with E-state index in [0.29, 0.717) is 0 Å². The summed E-state index contributed by atoms with van der Waals surface area (Å²) < 4.78 is 28.4. The molecule has 1 aliphatic heterocycles. The Kier molecular flexibility index (Phi) is 3.37. The second-order valence-corrected chi connectivity index (χ2v) is 11.5. The van der Waals surface area contributed by atoms with Gasteiger partial charge in [-0.25, -0.2) is 0 Å². The van der Waals surface area contributed by atoms with E-state index in [1.54, 1.807) is 0 Å². The highest BCUT2D eigenvalue weighted by Crippen LogP contribution is 2.48. The van der Waals surface area contributed by atoms with Gasteiger partial charge in [-0.15, -0.1) is 11.3 Å². The second-order valence-electron chi connectivity index (χ2n) is 10.4. The van der Waals surface area contributed by atoms with Crippen molar-refractivity contribution in [2.24, 2.45) is 0 Å². The molecule has 0 N–H and O–H groups in total. The van der Waals surface area contributed by atoms with Gasteiger partial charge in [0.15, 0.2) is 0 Å². The average Bonchev–Trinajstić information content (AvgIpc) is 3.37. The van der Waals surface area contributed by atoms with Crippen molar-refractivity contribution >= 4 is 88.0 Å². The van der Waals surface area contributed by atoms with Crippen LogP contribution in [-0.4, -0.2) is 18.3 Å². The molecule has 0 unspecified atom stereocenters. The van der Waals surface area contributed by atoms with Crippen molar-refractivity contribution in [3.05, 3.63) is 54.6 Å². The summed E-state index contributed by atoms with van der Waals surface area (Å²) in [5, 5.41) is 6.82. The molecule has 1 saturated heterocycles. The smallest absolute Gasteiger partial charge is 0.456 e. The van der Waals surface area contributed by atoms with E-state index in [0.717, 1.165) is 44.0 Å². The van der Waals surface area contributed by atoms with E-state index in [2.05, 4.69) is 76.2 Å². The van der Waals surface area contributed by atoms with E-state index in [4.69, 9.17) is 18.1 Å². The van der Waals surface area contributed by atoms with Crippen molar-refractivity contribution in [2.75, 3.05) is 0 Å². The van der Waals surface area contributed by atoms with Crippen LogP contribution < -0.4 is 5.46 Å². The van der Waals surface area contributed by atoms with E-state index in [9.17, 15) is 0 Å². The molecule has 8 rings (SSSR count). The van der Waals surface area contributed by atoms with Crippen LogP contribution in [0.1, 0.15) is 27.7 Å². The minimum atomic E-state index is -0.494. The fraction of sp³-hybridized carbons (Fsp3) is 0.214. The van der Waals surface area contributed by atoms with Crippen molar-refractivity contribution in [1.82, 2.24) is 0 Å². The largest absolute Gasteiger partial charge is 0.495 e. The first-order valence-electron chi connectivity index (χ1n) is 11.6. The number of fused-ring (bicyclic) bond motifs is 2. The maximum Gasteiger partial charge on any atom is 0.495 e. The third-order valence-corrected chi connectivity index (χ3v) is 8.96. The van der Waals surface area contributed by atoms with E-state index < -0.39 is 18.3 Å². The zero-order valence-corrected chi connectivity index (χ0v) is 20.1. The molecule has 1 fully saturated rings. The lowest BCUT2D eigenvalue weighted by Gasteiger charge is -2.32. The van der Waals surface area contributed by atoms with Gasteiger partial charge in [-0.1, -0.05) is 24.3 Å². The van der Waals surface area contributed by atoms with Gasteiger partial charge in [-0.2, -0.15) is 0 Å². The van der Waals surface area contributed by atoms with Gasteiger partial charge in [-0.3, -0.25) is 0 Å². The number of hydrogen-bond acceptors (Lipinski definition) is 5. The quantitative estimate of drug-likeness (QED) is 0.235. The van der Waals surface area contributed by atoms with Crippen LogP contribution in [0.25, 0.3) is 64.0 Å². The normalized spacial score (nSPS) is 18.2. The summed E-state index contributed by atoms with van der Waals surface area (Å²) in [7, 11) is -0.494. The SMILES string of the molecule is CC1(C)OB(c2cc3oc4ccc5sc6cc7ccccc7c7oc(c2)c3c4c5c67)OC1(C)C. The molecule has 3 aromatic heterocycles. The molecule has 4 heterocycles. The van der Waals surface area contributed by atoms with Gasteiger partial charge in [0.2, 0.25) is 0 Å². The van der Waals surface area contributed by atoms with Gasteiger partial charge in [0.05, 0.1) is 16.6 Å². The Morgan fingerprint density at radius 1 is 0.676 bits per heavy atom. The highest BCUT2D eigenvalue weighted by atomic mass is 32.1. The Bertz CT molecular complexity index is 1920. The molecule has 6 heteroatoms. The maximum atomic E-state index is 6.83.